The van der Waals surface area contributed by atoms with Crippen molar-refractivity contribution in [3.63, 3.8) is 0 Å². The molecule has 3 rings (SSSR count). The van der Waals surface area contributed by atoms with Crippen LogP contribution in [0, 0.1) is 0 Å². The molecule has 1 saturated carbocycles. The van der Waals surface area contributed by atoms with Crippen molar-refractivity contribution in [2.75, 3.05) is 13.1 Å². The lowest BCUT2D eigenvalue weighted by molar-refractivity contribution is 0.502. The molecule has 0 bridgehead atoms. The molecule has 1 aromatic rings. The van der Waals surface area contributed by atoms with Gasteiger partial charge in [0.25, 0.3) is 0 Å². The van der Waals surface area contributed by atoms with Crippen LogP contribution < -0.4 is 10.6 Å². The van der Waals surface area contributed by atoms with Crippen molar-refractivity contribution in [2.24, 2.45) is 0 Å². The Hall–Kier alpha value is -0.380. The third-order valence-corrected chi connectivity index (χ3v) is 3.98. The Morgan fingerprint density at radius 2 is 2.25 bits per heavy atom. The highest BCUT2D eigenvalue weighted by Crippen LogP contribution is 2.28. The molecule has 0 radical (unpaired) electrons. The molecule has 1 aromatic carbocycles. The number of nitrogens with one attached hydrogen (secondary N) is 2. The van der Waals surface area contributed by atoms with Gasteiger partial charge in [0.05, 0.1) is 0 Å². The molecule has 1 heterocycles. The van der Waals surface area contributed by atoms with Crippen molar-refractivity contribution in [1.82, 2.24) is 10.6 Å². The minimum absolute atomic E-state index is 0.627. The minimum atomic E-state index is 0.627. The van der Waals surface area contributed by atoms with Gasteiger partial charge in [-0.15, -0.1) is 0 Å². The lowest BCUT2D eigenvalue weighted by atomic mass is 9.91. The third-order valence-electron chi connectivity index (χ3n) is 3.48. The molecule has 2 aliphatic rings. The summed E-state index contributed by atoms with van der Waals surface area (Å²) in [5.41, 5.74) is 2.97. The summed E-state index contributed by atoms with van der Waals surface area (Å²) in [5, 5.41) is 7.13. The molecular formula is C13H17BrN2. The van der Waals surface area contributed by atoms with Crippen molar-refractivity contribution >= 4 is 15.9 Å². The van der Waals surface area contributed by atoms with Gasteiger partial charge in [-0.25, -0.2) is 0 Å². The van der Waals surface area contributed by atoms with Gasteiger partial charge in [0.15, 0.2) is 0 Å². The molecular weight excluding hydrogens is 264 g/mol. The van der Waals surface area contributed by atoms with E-state index < -0.39 is 0 Å². The summed E-state index contributed by atoms with van der Waals surface area (Å²) in [5.74, 6) is 0.627. The first-order valence-corrected chi connectivity index (χ1v) is 6.84. The molecule has 3 heteroatoms. The molecule has 1 unspecified atom stereocenters. The molecule has 2 nitrogen and oxygen atoms in total. The molecule has 0 saturated heterocycles. The van der Waals surface area contributed by atoms with Gasteiger partial charge in [-0.1, -0.05) is 22.0 Å². The summed E-state index contributed by atoms with van der Waals surface area (Å²) in [6.45, 7) is 3.23. The molecule has 0 amide bonds. The van der Waals surface area contributed by atoms with Crippen LogP contribution in [-0.4, -0.2) is 19.1 Å². The van der Waals surface area contributed by atoms with E-state index in [1.807, 2.05) is 0 Å². The Kier molecular flexibility index (Phi) is 3.01. The Labute approximate surface area is 105 Å². The Balaban J connectivity index is 1.77. The van der Waals surface area contributed by atoms with E-state index in [4.69, 9.17) is 0 Å². The monoisotopic (exact) mass is 280 g/mol. The Bertz CT molecular complexity index is 388. The van der Waals surface area contributed by atoms with E-state index in [1.54, 1.807) is 0 Å². The first-order valence-electron chi connectivity index (χ1n) is 6.05. The van der Waals surface area contributed by atoms with Gasteiger partial charge in [-0.2, -0.15) is 0 Å². The van der Waals surface area contributed by atoms with Crippen molar-refractivity contribution in [3.8, 4) is 0 Å². The lowest BCUT2D eigenvalue weighted by Crippen LogP contribution is -2.35. The highest BCUT2D eigenvalue weighted by Gasteiger charge is 2.24. The normalized spacial score (nSPS) is 24.2. The second kappa shape index (κ2) is 4.47. The van der Waals surface area contributed by atoms with Crippen LogP contribution in [0.25, 0.3) is 0 Å². The lowest BCUT2D eigenvalue weighted by Gasteiger charge is -2.27. The van der Waals surface area contributed by atoms with E-state index in [0.29, 0.717) is 5.92 Å². The summed E-state index contributed by atoms with van der Waals surface area (Å²) >= 11 is 3.57. The van der Waals surface area contributed by atoms with Gasteiger partial charge < -0.3 is 10.6 Å². The Morgan fingerprint density at radius 1 is 1.38 bits per heavy atom. The number of hydrogen-bond donors (Lipinski definition) is 2. The molecule has 2 N–H and O–H groups in total. The van der Waals surface area contributed by atoms with Gasteiger partial charge in [-0.3, -0.25) is 0 Å². The van der Waals surface area contributed by atoms with E-state index in [9.17, 15) is 0 Å². The highest BCUT2D eigenvalue weighted by molar-refractivity contribution is 9.10. The van der Waals surface area contributed by atoms with Crippen molar-refractivity contribution in [2.45, 2.75) is 31.3 Å². The summed E-state index contributed by atoms with van der Waals surface area (Å²) in [4.78, 5) is 0. The fourth-order valence-electron chi connectivity index (χ4n) is 2.38. The van der Waals surface area contributed by atoms with E-state index in [0.717, 1.165) is 25.7 Å². The number of benzene rings is 1. The van der Waals surface area contributed by atoms with Gasteiger partial charge in [0, 0.05) is 36.1 Å². The molecule has 1 aliphatic heterocycles. The average Bonchev–Trinajstić information content (AvgIpc) is 3.10. The molecule has 86 valence electrons. The largest absolute Gasteiger partial charge is 0.313 e. The summed E-state index contributed by atoms with van der Waals surface area (Å²) in [7, 11) is 0. The van der Waals surface area contributed by atoms with Crippen LogP contribution in [-0.2, 0) is 6.54 Å². The maximum absolute atomic E-state index is 3.63. The number of fused-ring (bicyclic) bond motifs is 1. The van der Waals surface area contributed by atoms with Crippen molar-refractivity contribution in [1.29, 1.82) is 0 Å². The first-order chi connectivity index (χ1) is 7.83. The summed E-state index contributed by atoms with van der Waals surface area (Å²) in [6.07, 6.45) is 2.73. The maximum Gasteiger partial charge on any atom is 0.0208 e. The Morgan fingerprint density at radius 3 is 3.06 bits per heavy atom. The van der Waals surface area contributed by atoms with E-state index in [-0.39, 0.29) is 0 Å². The van der Waals surface area contributed by atoms with Crippen molar-refractivity contribution < 1.29 is 0 Å². The van der Waals surface area contributed by atoms with Gasteiger partial charge in [0.2, 0.25) is 0 Å². The molecule has 16 heavy (non-hydrogen) atoms. The van der Waals surface area contributed by atoms with E-state index >= 15 is 0 Å². The first kappa shape index (κ1) is 10.8. The molecule has 0 spiro atoms. The molecule has 1 fully saturated rings. The second-order valence-electron chi connectivity index (χ2n) is 4.85. The predicted octanol–water partition coefficient (Wildman–Crippen LogP) is 2.39. The highest BCUT2D eigenvalue weighted by atomic mass is 79.9. The number of rotatable bonds is 3. The van der Waals surface area contributed by atoms with Crippen LogP contribution in [0.15, 0.2) is 22.7 Å². The van der Waals surface area contributed by atoms with Crippen LogP contribution in [0.2, 0.25) is 0 Å². The zero-order valence-corrected chi connectivity index (χ0v) is 10.9. The SMILES string of the molecule is Brc1ccc2c(c1)C(CNC1CC1)CNC2. The smallest absolute Gasteiger partial charge is 0.0208 e. The minimum Gasteiger partial charge on any atom is -0.313 e. The summed E-state index contributed by atoms with van der Waals surface area (Å²) < 4.78 is 1.20. The quantitative estimate of drug-likeness (QED) is 0.889. The van der Waals surface area contributed by atoms with Gasteiger partial charge in [0.1, 0.15) is 0 Å². The van der Waals surface area contributed by atoms with Crippen LogP contribution in [0.5, 0.6) is 0 Å². The zero-order valence-electron chi connectivity index (χ0n) is 9.30. The van der Waals surface area contributed by atoms with Crippen LogP contribution in [0.4, 0.5) is 0 Å². The van der Waals surface area contributed by atoms with E-state index in [2.05, 4.69) is 44.8 Å². The van der Waals surface area contributed by atoms with E-state index in [1.165, 1.54) is 28.4 Å². The third kappa shape index (κ3) is 2.31. The maximum atomic E-state index is 3.63. The zero-order chi connectivity index (χ0) is 11.0. The number of hydrogen-bond acceptors (Lipinski definition) is 2. The molecule has 1 atom stereocenters. The fourth-order valence-corrected chi connectivity index (χ4v) is 2.76. The topological polar surface area (TPSA) is 24.1 Å². The van der Waals surface area contributed by atoms with Crippen LogP contribution in [0.1, 0.15) is 29.9 Å². The number of halogens is 1. The molecule has 0 aromatic heterocycles. The van der Waals surface area contributed by atoms with Crippen LogP contribution in [0.3, 0.4) is 0 Å². The van der Waals surface area contributed by atoms with Gasteiger partial charge >= 0.3 is 0 Å². The molecule has 1 aliphatic carbocycles. The van der Waals surface area contributed by atoms with Crippen molar-refractivity contribution in [3.05, 3.63) is 33.8 Å². The average molecular weight is 281 g/mol. The standard InChI is InChI=1S/C13H17BrN2/c14-11-2-1-9-6-15-7-10(13(9)5-11)8-16-12-3-4-12/h1-2,5,10,12,15-16H,3-4,6-8H2. The fraction of sp³-hybridized carbons (Fsp3) is 0.538. The predicted molar refractivity (Wildman–Crippen MR) is 69.6 cm³/mol. The summed E-state index contributed by atoms with van der Waals surface area (Å²) in [6, 6.07) is 7.46. The van der Waals surface area contributed by atoms with Gasteiger partial charge in [-0.05, 0) is 36.1 Å². The second-order valence-corrected chi connectivity index (χ2v) is 5.77. The van der Waals surface area contributed by atoms with Crippen LogP contribution >= 0.6 is 15.9 Å².